The number of carbonyl (C=O) groups is 1. The summed E-state index contributed by atoms with van der Waals surface area (Å²) < 4.78 is 21.1. The molecule has 0 N–H and O–H groups in total. The molecule has 0 aliphatic carbocycles. The van der Waals surface area contributed by atoms with Crippen LogP contribution in [0.15, 0.2) is 18.2 Å². The van der Waals surface area contributed by atoms with Gasteiger partial charge in [0.1, 0.15) is 19.1 Å². The topological polar surface area (TPSA) is 77.8 Å². The molecule has 1 rings (SSSR count). The summed E-state index contributed by atoms with van der Waals surface area (Å²) >= 11 is 0. The van der Waals surface area contributed by atoms with E-state index in [1.54, 1.807) is 32.4 Å². The van der Waals surface area contributed by atoms with Crippen LogP contribution in [-0.4, -0.2) is 46.4 Å². The van der Waals surface area contributed by atoms with Crippen molar-refractivity contribution in [3.05, 3.63) is 23.8 Å². The van der Waals surface area contributed by atoms with Gasteiger partial charge in [-0.15, -0.1) is 0 Å². The number of Topliss-reactive ketones (excluding diaryl/α,β-unsaturated/α-hetero) is 1. The van der Waals surface area contributed by atoms with Gasteiger partial charge in [0.05, 0.1) is 19.3 Å². The van der Waals surface area contributed by atoms with Gasteiger partial charge < -0.3 is 18.9 Å². The molecule has 22 heavy (non-hydrogen) atoms. The summed E-state index contributed by atoms with van der Waals surface area (Å²) in [6.07, 6.45) is 0. The molecule has 6 nitrogen and oxygen atoms in total. The van der Waals surface area contributed by atoms with E-state index in [0.717, 1.165) is 0 Å². The summed E-state index contributed by atoms with van der Waals surface area (Å²) in [5.41, 5.74) is 0.585. The summed E-state index contributed by atoms with van der Waals surface area (Å²) in [5.74, 6) is 0.000455. The van der Waals surface area contributed by atoms with E-state index in [1.807, 2.05) is 6.07 Å². The van der Waals surface area contributed by atoms with Crippen molar-refractivity contribution in [1.82, 2.24) is 0 Å². The van der Waals surface area contributed by atoms with Crippen molar-refractivity contribution < 1.29 is 23.7 Å². The van der Waals surface area contributed by atoms with Crippen molar-refractivity contribution in [2.75, 3.05) is 40.6 Å². The van der Waals surface area contributed by atoms with Crippen LogP contribution in [-0.2, 0) is 14.3 Å². The average Bonchev–Trinajstić information content (AvgIpc) is 2.50. The van der Waals surface area contributed by atoms with Crippen LogP contribution in [0.25, 0.3) is 0 Å². The Morgan fingerprint density at radius 1 is 1.09 bits per heavy atom. The van der Waals surface area contributed by atoms with Crippen molar-refractivity contribution in [3.63, 3.8) is 0 Å². The van der Waals surface area contributed by atoms with Crippen molar-refractivity contribution in [2.24, 2.45) is 0 Å². The van der Waals surface area contributed by atoms with Gasteiger partial charge in [0.25, 0.3) is 0 Å². The van der Waals surface area contributed by atoms with Crippen LogP contribution in [0.5, 0.6) is 11.5 Å². The fourth-order valence-electron chi connectivity index (χ4n) is 1.81. The van der Waals surface area contributed by atoms with Gasteiger partial charge in [-0.3, -0.25) is 4.79 Å². The number of benzene rings is 1. The molecule has 1 aromatic carbocycles. The van der Waals surface area contributed by atoms with Gasteiger partial charge in [-0.1, -0.05) is 6.07 Å². The number of carbonyl (C=O) groups excluding carboxylic acids is 1. The number of hydrogen-bond acceptors (Lipinski definition) is 6. The maximum absolute atomic E-state index is 11.5. The Balaban J connectivity index is 2.96. The Labute approximate surface area is 130 Å². The van der Waals surface area contributed by atoms with Gasteiger partial charge in [0.15, 0.2) is 17.3 Å². The van der Waals surface area contributed by atoms with Crippen LogP contribution in [0.4, 0.5) is 0 Å². The highest BCUT2D eigenvalue weighted by atomic mass is 16.5. The number of ketones is 1. The zero-order valence-corrected chi connectivity index (χ0v) is 13.1. The molecule has 120 valence electrons. The molecule has 6 heteroatoms. The third-order valence-electron chi connectivity index (χ3n) is 2.93. The molecule has 1 unspecified atom stereocenters. The van der Waals surface area contributed by atoms with E-state index in [9.17, 15) is 4.79 Å². The zero-order chi connectivity index (χ0) is 16.4. The van der Waals surface area contributed by atoms with E-state index in [2.05, 4.69) is 0 Å². The monoisotopic (exact) mass is 307 g/mol. The molecule has 0 aliphatic rings. The first-order valence-corrected chi connectivity index (χ1v) is 6.91. The van der Waals surface area contributed by atoms with Crippen LogP contribution in [0.3, 0.4) is 0 Å². The molecule has 0 spiro atoms. The quantitative estimate of drug-likeness (QED) is 0.615. The summed E-state index contributed by atoms with van der Waals surface area (Å²) in [5, 5.41) is 9.12. The highest BCUT2D eigenvalue weighted by Crippen LogP contribution is 2.31. The van der Waals surface area contributed by atoms with E-state index in [-0.39, 0.29) is 5.78 Å². The van der Waals surface area contributed by atoms with Crippen molar-refractivity contribution >= 4 is 5.78 Å². The predicted octanol–water partition coefficient (Wildman–Crippen LogP) is 1.93. The van der Waals surface area contributed by atoms with Crippen molar-refractivity contribution in [1.29, 1.82) is 5.26 Å². The Bertz CT molecular complexity index is 524. The van der Waals surface area contributed by atoms with E-state index < -0.39 is 5.92 Å². The van der Waals surface area contributed by atoms with E-state index in [0.29, 0.717) is 43.5 Å². The molecule has 1 atom stereocenters. The summed E-state index contributed by atoms with van der Waals surface area (Å²) in [7, 11) is 3.17. The number of hydrogen-bond donors (Lipinski definition) is 0. The number of nitrogens with zero attached hydrogens (tertiary/aromatic N) is 1. The number of methoxy groups -OCH3 is 2. The number of ether oxygens (including phenoxy) is 4. The minimum Gasteiger partial charge on any atom is -0.487 e. The van der Waals surface area contributed by atoms with Gasteiger partial charge >= 0.3 is 0 Å². The van der Waals surface area contributed by atoms with E-state index in [1.165, 1.54) is 6.92 Å². The number of nitriles is 1. The van der Waals surface area contributed by atoms with Gasteiger partial charge in [-0.2, -0.15) is 5.26 Å². The molecule has 0 aromatic heterocycles. The first-order chi connectivity index (χ1) is 10.6. The zero-order valence-electron chi connectivity index (χ0n) is 13.1. The van der Waals surface area contributed by atoms with Gasteiger partial charge in [0.2, 0.25) is 0 Å². The van der Waals surface area contributed by atoms with E-state index >= 15 is 0 Å². The third kappa shape index (κ3) is 5.35. The Morgan fingerprint density at radius 3 is 2.18 bits per heavy atom. The van der Waals surface area contributed by atoms with Crippen molar-refractivity contribution in [2.45, 2.75) is 12.8 Å². The predicted molar refractivity (Wildman–Crippen MR) is 80.2 cm³/mol. The van der Waals surface area contributed by atoms with Gasteiger partial charge in [-0.05, 0) is 24.6 Å². The molecule has 0 saturated heterocycles. The smallest absolute Gasteiger partial charge is 0.161 e. The lowest BCUT2D eigenvalue weighted by Gasteiger charge is -2.15. The van der Waals surface area contributed by atoms with Crippen LogP contribution >= 0.6 is 0 Å². The normalized spacial score (nSPS) is 11.5. The highest BCUT2D eigenvalue weighted by molar-refractivity contribution is 5.86. The fraction of sp³-hybridized carbons (Fsp3) is 0.500. The molecule has 0 bridgehead atoms. The van der Waals surface area contributed by atoms with Crippen LogP contribution in [0.1, 0.15) is 18.4 Å². The molecule has 1 aromatic rings. The molecular formula is C16H21NO5. The molecule has 0 amide bonds. The maximum Gasteiger partial charge on any atom is 0.161 e. The Morgan fingerprint density at radius 2 is 1.68 bits per heavy atom. The summed E-state index contributed by atoms with van der Waals surface area (Å²) in [6, 6.07) is 7.04. The lowest BCUT2D eigenvalue weighted by molar-refractivity contribution is -0.117. The molecular weight excluding hydrogens is 286 g/mol. The fourth-order valence-corrected chi connectivity index (χ4v) is 1.81. The Kier molecular flexibility index (Phi) is 7.97. The maximum atomic E-state index is 11.5. The Hall–Kier alpha value is -2.10. The second-order valence-corrected chi connectivity index (χ2v) is 4.56. The van der Waals surface area contributed by atoms with E-state index in [4.69, 9.17) is 24.2 Å². The lowest BCUT2D eigenvalue weighted by atomic mass is 9.97. The van der Waals surface area contributed by atoms with Crippen molar-refractivity contribution in [3.8, 4) is 17.6 Å². The molecule has 0 fully saturated rings. The second-order valence-electron chi connectivity index (χ2n) is 4.56. The van der Waals surface area contributed by atoms with Gasteiger partial charge in [0, 0.05) is 14.2 Å². The SMILES string of the molecule is COCCOc1ccc(C(C#N)C(C)=O)cc1OCCOC. The minimum atomic E-state index is -0.808. The summed E-state index contributed by atoms with van der Waals surface area (Å²) in [4.78, 5) is 11.5. The van der Waals surface area contributed by atoms with Crippen LogP contribution < -0.4 is 9.47 Å². The average molecular weight is 307 g/mol. The second kappa shape index (κ2) is 9.77. The van der Waals surface area contributed by atoms with Crippen LogP contribution in [0, 0.1) is 11.3 Å². The summed E-state index contributed by atoms with van der Waals surface area (Å²) in [6.45, 7) is 2.99. The first kappa shape index (κ1) is 18.0. The number of rotatable bonds is 10. The molecule has 0 heterocycles. The standard InChI is InChI=1S/C16H21NO5/c1-12(18)14(11-17)13-4-5-15(21-8-6-19-2)16(10-13)22-9-7-20-3/h4-5,10,14H,6-9H2,1-3H3. The van der Waals surface area contributed by atoms with Gasteiger partial charge in [-0.25, -0.2) is 0 Å². The third-order valence-corrected chi connectivity index (χ3v) is 2.93. The molecule has 0 radical (unpaired) electrons. The molecule has 0 aliphatic heterocycles. The highest BCUT2D eigenvalue weighted by Gasteiger charge is 2.18. The minimum absolute atomic E-state index is 0.210. The largest absolute Gasteiger partial charge is 0.487 e. The lowest BCUT2D eigenvalue weighted by Crippen LogP contribution is -2.10. The first-order valence-electron chi connectivity index (χ1n) is 6.91. The molecule has 0 saturated carbocycles. The van der Waals surface area contributed by atoms with Crippen LogP contribution in [0.2, 0.25) is 0 Å².